The van der Waals surface area contributed by atoms with E-state index in [1.54, 1.807) is 6.26 Å². The molecule has 1 aliphatic carbocycles. The Morgan fingerprint density at radius 2 is 1.88 bits per heavy atom. The Bertz CT molecular complexity index is 1100. The molecule has 1 aromatic heterocycles. The number of carbonyl (C=O) groups is 2. The molecular weight excluding hydrogens is 445 g/mol. The van der Waals surface area contributed by atoms with Crippen molar-refractivity contribution < 1.29 is 18.4 Å². The number of carbonyl (C=O) groups excluding carboxylic acids is 2. The summed E-state index contributed by atoms with van der Waals surface area (Å²) >= 11 is 5.76. The highest BCUT2D eigenvalue weighted by Crippen LogP contribution is 2.20. The number of hydrogen-bond donors (Lipinski definition) is 2. The molecule has 3 aromatic rings. The largest absolute Gasteiger partial charge is 0.468 e. The average Bonchev–Trinajstić information content (AvgIpc) is 3.46. The maximum absolute atomic E-state index is 14.0. The van der Waals surface area contributed by atoms with E-state index >= 15 is 0 Å². The summed E-state index contributed by atoms with van der Waals surface area (Å²) in [5, 5.41) is 5.84. The number of benzene rings is 2. The first-order valence-electron chi connectivity index (χ1n) is 10.9. The molecule has 8 heteroatoms. The molecule has 0 aliphatic heterocycles. The van der Waals surface area contributed by atoms with Crippen molar-refractivity contribution in [2.24, 2.45) is 0 Å². The van der Waals surface area contributed by atoms with Gasteiger partial charge in [0.25, 0.3) is 5.91 Å². The monoisotopic (exact) mass is 469 g/mol. The molecule has 0 saturated heterocycles. The third-order valence-corrected chi connectivity index (χ3v) is 5.59. The molecule has 0 radical (unpaired) electrons. The number of nitrogens with one attached hydrogen (secondary N) is 2. The third-order valence-electron chi connectivity index (χ3n) is 5.35. The van der Waals surface area contributed by atoms with Crippen LogP contribution in [-0.4, -0.2) is 29.3 Å². The number of furan rings is 1. The second-order valence-electron chi connectivity index (χ2n) is 8.16. The predicted octanol–water partition coefficient (Wildman–Crippen LogP) is 5.00. The van der Waals surface area contributed by atoms with E-state index in [1.807, 2.05) is 36.4 Å². The lowest BCUT2D eigenvalue weighted by molar-refractivity contribution is -0.116. The SMILES string of the molecule is O=C(CCN(Cc1ccc(C(=O)NC2CC2)cc1)Cc1ccco1)Nc1ccc(Cl)cc1F. The van der Waals surface area contributed by atoms with Crippen molar-refractivity contribution in [2.75, 3.05) is 11.9 Å². The first-order valence-corrected chi connectivity index (χ1v) is 11.2. The van der Waals surface area contributed by atoms with Gasteiger partial charge in [-0.3, -0.25) is 14.5 Å². The van der Waals surface area contributed by atoms with Gasteiger partial charge in [0.15, 0.2) is 0 Å². The van der Waals surface area contributed by atoms with Crippen LogP contribution in [0, 0.1) is 5.82 Å². The van der Waals surface area contributed by atoms with Crippen LogP contribution >= 0.6 is 11.6 Å². The standard InChI is InChI=1S/C25H25ClFN3O3/c26-19-7-10-23(22(27)14-19)29-24(31)11-12-30(16-21-2-1-13-33-21)15-17-3-5-18(6-4-17)25(32)28-20-8-9-20/h1-7,10,13-14,20H,8-9,11-12,15-16H2,(H,28,32)(H,29,31). The molecule has 2 amide bonds. The summed E-state index contributed by atoms with van der Waals surface area (Å²) in [5.74, 6) is -0.149. The van der Waals surface area contributed by atoms with Gasteiger partial charge in [-0.05, 0) is 60.9 Å². The lowest BCUT2D eigenvalue weighted by Gasteiger charge is -2.21. The number of amides is 2. The Morgan fingerprint density at radius 1 is 1.09 bits per heavy atom. The molecule has 2 N–H and O–H groups in total. The van der Waals surface area contributed by atoms with Crippen LogP contribution in [0.2, 0.25) is 5.02 Å². The molecule has 1 saturated carbocycles. The Balaban J connectivity index is 1.36. The Labute approximate surface area is 196 Å². The van der Waals surface area contributed by atoms with Gasteiger partial charge >= 0.3 is 0 Å². The van der Waals surface area contributed by atoms with Crippen molar-refractivity contribution in [3.05, 3.63) is 88.6 Å². The maximum Gasteiger partial charge on any atom is 0.251 e. The van der Waals surface area contributed by atoms with E-state index in [0.29, 0.717) is 31.2 Å². The van der Waals surface area contributed by atoms with Gasteiger partial charge in [-0.2, -0.15) is 0 Å². The van der Waals surface area contributed by atoms with E-state index in [-0.39, 0.29) is 28.9 Å². The summed E-state index contributed by atoms with van der Waals surface area (Å²) in [5.41, 5.74) is 1.74. The van der Waals surface area contributed by atoms with Crippen LogP contribution in [0.15, 0.2) is 65.3 Å². The number of nitrogens with zero attached hydrogens (tertiary/aromatic N) is 1. The Morgan fingerprint density at radius 3 is 2.55 bits per heavy atom. The summed E-state index contributed by atoms with van der Waals surface area (Å²) in [6.07, 6.45) is 3.87. The van der Waals surface area contributed by atoms with Crippen molar-refractivity contribution in [2.45, 2.75) is 38.4 Å². The minimum Gasteiger partial charge on any atom is -0.468 e. The number of anilines is 1. The van der Waals surface area contributed by atoms with Crippen LogP contribution in [0.4, 0.5) is 10.1 Å². The van der Waals surface area contributed by atoms with Gasteiger partial charge in [0.2, 0.25) is 5.91 Å². The van der Waals surface area contributed by atoms with Gasteiger partial charge in [-0.1, -0.05) is 23.7 Å². The first kappa shape index (κ1) is 23.0. The summed E-state index contributed by atoms with van der Waals surface area (Å²) in [6.45, 7) is 1.51. The van der Waals surface area contributed by atoms with E-state index in [2.05, 4.69) is 15.5 Å². The quantitative estimate of drug-likeness (QED) is 0.438. The van der Waals surface area contributed by atoms with E-state index in [9.17, 15) is 14.0 Å². The Hall–Kier alpha value is -3.16. The minimum absolute atomic E-state index is 0.0532. The van der Waals surface area contributed by atoms with Crippen LogP contribution in [0.1, 0.15) is 40.9 Å². The zero-order valence-corrected chi connectivity index (χ0v) is 18.8. The third kappa shape index (κ3) is 6.91. The summed E-state index contributed by atoms with van der Waals surface area (Å²) < 4.78 is 19.4. The van der Waals surface area contributed by atoms with Gasteiger partial charge in [0, 0.05) is 36.1 Å². The van der Waals surface area contributed by atoms with Gasteiger partial charge in [0.1, 0.15) is 11.6 Å². The second kappa shape index (κ2) is 10.6. The Kier molecular flexibility index (Phi) is 7.42. The second-order valence-corrected chi connectivity index (χ2v) is 8.59. The van der Waals surface area contributed by atoms with Crippen LogP contribution in [-0.2, 0) is 17.9 Å². The normalized spacial score (nSPS) is 13.2. The smallest absolute Gasteiger partial charge is 0.251 e. The molecule has 4 rings (SSSR count). The van der Waals surface area contributed by atoms with Gasteiger partial charge in [-0.15, -0.1) is 0 Å². The number of hydrogen-bond acceptors (Lipinski definition) is 4. The zero-order chi connectivity index (χ0) is 23.2. The molecule has 33 heavy (non-hydrogen) atoms. The zero-order valence-electron chi connectivity index (χ0n) is 18.0. The predicted molar refractivity (Wildman–Crippen MR) is 124 cm³/mol. The highest BCUT2D eigenvalue weighted by atomic mass is 35.5. The lowest BCUT2D eigenvalue weighted by atomic mass is 10.1. The lowest BCUT2D eigenvalue weighted by Crippen LogP contribution is -2.27. The molecule has 1 aliphatic rings. The summed E-state index contributed by atoms with van der Waals surface area (Å²) in [4.78, 5) is 26.7. The van der Waals surface area contributed by atoms with Gasteiger partial charge in [0.05, 0.1) is 18.5 Å². The first-order chi connectivity index (χ1) is 16.0. The van der Waals surface area contributed by atoms with E-state index in [4.69, 9.17) is 16.0 Å². The molecule has 1 fully saturated rings. The van der Waals surface area contributed by atoms with Crippen LogP contribution in [0.3, 0.4) is 0 Å². The minimum atomic E-state index is -0.575. The fraction of sp³-hybridized carbons (Fsp3) is 0.280. The molecule has 0 spiro atoms. The fourth-order valence-electron chi connectivity index (χ4n) is 3.42. The summed E-state index contributed by atoms with van der Waals surface area (Å²) in [6, 6.07) is 15.6. The highest BCUT2D eigenvalue weighted by molar-refractivity contribution is 6.30. The van der Waals surface area contributed by atoms with Crippen LogP contribution < -0.4 is 10.6 Å². The molecule has 172 valence electrons. The molecule has 6 nitrogen and oxygen atoms in total. The molecule has 2 aromatic carbocycles. The van der Waals surface area contributed by atoms with Gasteiger partial charge < -0.3 is 15.1 Å². The molecule has 0 unspecified atom stereocenters. The number of rotatable bonds is 10. The van der Waals surface area contributed by atoms with Crippen molar-refractivity contribution in [3.63, 3.8) is 0 Å². The summed E-state index contributed by atoms with van der Waals surface area (Å²) in [7, 11) is 0. The average molecular weight is 470 g/mol. The van der Waals surface area contributed by atoms with Crippen molar-refractivity contribution >= 4 is 29.1 Å². The van der Waals surface area contributed by atoms with Crippen molar-refractivity contribution in [1.82, 2.24) is 10.2 Å². The fourth-order valence-corrected chi connectivity index (χ4v) is 3.58. The van der Waals surface area contributed by atoms with Gasteiger partial charge in [-0.25, -0.2) is 4.39 Å². The molecule has 0 bridgehead atoms. The number of halogens is 2. The molecule has 1 heterocycles. The van der Waals surface area contributed by atoms with Crippen LogP contribution in [0.25, 0.3) is 0 Å². The molecule has 0 atom stereocenters. The van der Waals surface area contributed by atoms with Crippen molar-refractivity contribution in [1.29, 1.82) is 0 Å². The topological polar surface area (TPSA) is 74.6 Å². The maximum atomic E-state index is 14.0. The van der Waals surface area contributed by atoms with E-state index in [1.165, 1.54) is 12.1 Å². The highest BCUT2D eigenvalue weighted by Gasteiger charge is 2.23. The van der Waals surface area contributed by atoms with Crippen LogP contribution in [0.5, 0.6) is 0 Å². The molecular formula is C25H25ClFN3O3. The van der Waals surface area contributed by atoms with Crippen molar-refractivity contribution in [3.8, 4) is 0 Å². The van der Waals surface area contributed by atoms with E-state index in [0.717, 1.165) is 30.2 Å². The van der Waals surface area contributed by atoms with E-state index < -0.39 is 5.82 Å².